The first-order valence-corrected chi connectivity index (χ1v) is 10.7. The maximum Gasteiger partial charge on any atom is 0.270 e. The van der Waals surface area contributed by atoms with Crippen LogP contribution in [0.25, 0.3) is 34.3 Å². The topological polar surface area (TPSA) is 149 Å². The number of pyridine rings is 1. The zero-order valence-electron chi connectivity index (χ0n) is 19.3. The van der Waals surface area contributed by atoms with Gasteiger partial charge < -0.3 is 15.5 Å². The molecule has 172 valence electrons. The Bertz CT molecular complexity index is 1460. The molecule has 0 atom stereocenters. The number of nitrogens with one attached hydrogen (secondary N) is 1. The molecule has 34 heavy (non-hydrogen) atoms. The van der Waals surface area contributed by atoms with Crippen molar-refractivity contribution in [3.05, 3.63) is 63.7 Å². The molecule has 1 aromatic carbocycles. The van der Waals surface area contributed by atoms with Crippen molar-refractivity contribution in [3.63, 3.8) is 0 Å². The van der Waals surface area contributed by atoms with E-state index < -0.39 is 0 Å². The Labute approximate surface area is 196 Å². The van der Waals surface area contributed by atoms with Gasteiger partial charge in [-0.2, -0.15) is 5.26 Å². The van der Waals surface area contributed by atoms with Crippen molar-refractivity contribution in [3.8, 4) is 40.4 Å². The molecule has 0 saturated carbocycles. The number of rotatable bonds is 6. The summed E-state index contributed by atoms with van der Waals surface area (Å²) in [5, 5.41) is 21.2. The Morgan fingerprint density at radius 3 is 2.59 bits per heavy atom. The van der Waals surface area contributed by atoms with Crippen LogP contribution in [0.5, 0.6) is 0 Å². The maximum absolute atomic E-state index is 12.3. The summed E-state index contributed by atoms with van der Waals surface area (Å²) >= 11 is 0. The van der Waals surface area contributed by atoms with Crippen molar-refractivity contribution in [2.45, 2.75) is 33.4 Å². The van der Waals surface area contributed by atoms with E-state index in [-0.39, 0.29) is 34.7 Å². The van der Waals surface area contributed by atoms with Crippen LogP contribution < -0.4 is 16.6 Å². The maximum atomic E-state index is 12.3. The molecule has 0 unspecified atom stereocenters. The molecule has 0 aliphatic heterocycles. The van der Waals surface area contributed by atoms with Gasteiger partial charge in [0, 0.05) is 29.8 Å². The molecule has 0 amide bonds. The number of benzene rings is 1. The first-order chi connectivity index (χ1) is 16.3. The quantitative estimate of drug-likeness (QED) is 0.446. The predicted octanol–water partition coefficient (Wildman–Crippen LogP) is 3.08. The molecular formula is C24H24N8O2. The standard InChI is InChI=1S/C24H24N8O2/c1-13(2)32-19(10-25)17(7-8-20(32)33)18-12-28-22(26)21(29-18)24-31-30-23(34-24)16-6-5-15(11-27-4)9-14(16)3/h5-9,12-13,27H,11H2,1-4H3,(H2,26,28). The van der Waals surface area contributed by atoms with Crippen molar-refractivity contribution >= 4 is 5.82 Å². The molecule has 4 aromatic rings. The van der Waals surface area contributed by atoms with Crippen LogP contribution in [-0.2, 0) is 6.54 Å². The van der Waals surface area contributed by atoms with Gasteiger partial charge >= 0.3 is 0 Å². The predicted molar refractivity (Wildman–Crippen MR) is 127 cm³/mol. The Morgan fingerprint density at radius 2 is 1.91 bits per heavy atom. The SMILES string of the molecule is CNCc1ccc(-c2nnc(-c3nc(-c4ccc(=O)n(C(C)C)c4C#N)cnc3N)o2)c(C)c1. The lowest BCUT2D eigenvalue weighted by Crippen LogP contribution is -2.24. The van der Waals surface area contributed by atoms with Gasteiger partial charge in [0.2, 0.25) is 5.89 Å². The van der Waals surface area contributed by atoms with E-state index in [2.05, 4.69) is 37.6 Å². The lowest BCUT2D eigenvalue weighted by molar-refractivity contribution is 0.572. The summed E-state index contributed by atoms with van der Waals surface area (Å²) in [6.07, 6.45) is 1.45. The second-order valence-electron chi connectivity index (χ2n) is 8.09. The van der Waals surface area contributed by atoms with Crippen LogP contribution in [0.1, 0.15) is 36.7 Å². The van der Waals surface area contributed by atoms with Crippen LogP contribution in [0.15, 0.2) is 45.7 Å². The van der Waals surface area contributed by atoms with Crippen LogP contribution in [-0.4, -0.2) is 31.8 Å². The minimum atomic E-state index is -0.267. The first kappa shape index (κ1) is 22.8. The Hall–Kier alpha value is -4.36. The molecule has 3 aromatic heterocycles. The van der Waals surface area contributed by atoms with Crippen LogP contribution in [0.3, 0.4) is 0 Å². The molecule has 3 heterocycles. The van der Waals surface area contributed by atoms with E-state index in [1.165, 1.54) is 16.8 Å². The lowest BCUT2D eigenvalue weighted by Gasteiger charge is -2.15. The average Bonchev–Trinajstić information content (AvgIpc) is 3.29. The minimum absolute atomic E-state index is 0.107. The summed E-state index contributed by atoms with van der Waals surface area (Å²) in [6.45, 7) is 6.39. The number of nitrogens with two attached hydrogens (primary N) is 1. The largest absolute Gasteiger partial charge is 0.414 e. The third-order valence-electron chi connectivity index (χ3n) is 5.35. The molecule has 4 rings (SSSR count). The van der Waals surface area contributed by atoms with Gasteiger partial charge in [0.05, 0.1) is 11.9 Å². The van der Waals surface area contributed by atoms with Gasteiger partial charge in [-0.3, -0.25) is 9.36 Å². The Balaban J connectivity index is 1.77. The highest BCUT2D eigenvalue weighted by Gasteiger charge is 2.20. The second-order valence-corrected chi connectivity index (χ2v) is 8.09. The fourth-order valence-corrected chi connectivity index (χ4v) is 3.78. The zero-order valence-corrected chi connectivity index (χ0v) is 19.3. The first-order valence-electron chi connectivity index (χ1n) is 10.7. The molecule has 10 heteroatoms. The van der Waals surface area contributed by atoms with Crippen LogP contribution in [0.2, 0.25) is 0 Å². The molecule has 0 saturated heterocycles. The van der Waals surface area contributed by atoms with Gasteiger partial charge in [-0.1, -0.05) is 12.1 Å². The summed E-state index contributed by atoms with van der Waals surface area (Å²) in [4.78, 5) is 21.1. The summed E-state index contributed by atoms with van der Waals surface area (Å²) < 4.78 is 7.32. The average molecular weight is 457 g/mol. The highest BCUT2D eigenvalue weighted by atomic mass is 16.4. The number of anilines is 1. The third kappa shape index (κ3) is 4.16. The molecule has 0 aliphatic carbocycles. The molecule has 0 spiro atoms. The molecule has 0 fully saturated rings. The van der Waals surface area contributed by atoms with Crippen LogP contribution in [0.4, 0.5) is 5.82 Å². The van der Waals surface area contributed by atoms with E-state index in [1.807, 2.05) is 40.0 Å². The molecular weight excluding hydrogens is 432 g/mol. The fraction of sp³-hybridized carbons (Fsp3) is 0.250. The number of nitrogens with zero attached hydrogens (tertiary/aromatic N) is 6. The van der Waals surface area contributed by atoms with E-state index in [9.17, 15) is 10.1 Å². The summed E-state index contributed by atoms with van der Waals surface area (Å²) in [6, 6.07) is 10.8. The molecule has 0 radical (unpaired) electrons. The highest BCUT2D eigenvalue weighted by molar-refractivity contribution is 5.71. The molecule has 0 aliphatic rings. The fourth-order valence-electron chi connectivity index (χ4n) is 3.78. The number of hydrogen-bond donors (Lipinski definition) is 2. The number of aromatic nitrogens is 5. The van der Waals surface area contributed by atoms with Crippen molar-refractivity contribution in [1.82, 2.24) is 30.0 Å². The van der Waals surface area contributed by atoms with E-state index in [0.29, 0.717) is 17.1 Å². The van der Waals surface area contributed by atoms with Crippen LogP contribution in [0, 0.1) is 18.3 Å². The number of nitrogen functional groups attached to an aromatic ring is 1. The second kappa shape index (κ2) is 9.25. The monoisotopic (exact) mass is 456 g/mol. The van der Waals surface area contributed by atoms with Gasteiger partial charge in [0.15, 0.2) is 11.5 Å². The number of hydrogen-bond acceptors (Lipinski definition) is 9. The number of aryl methyl sites for hydroxylation is 1. The Morgan fingerprint density at radius 1 is 1.18 bits per heavy atom. The van der Waals surface area contributed by atoms with Gasteiger partial charge in [-0.15, -0.1) is 10.2 Å². The summed E-state index contributed by atoms with van der Waals surface area (Å²) in [5.74, 6) is 0.549. The molecule has 10 nitrogen and oxygen atoms in total. The van der Waals surface area contributed by atoms with Gasteiger partial charge in [0.25, 0.3) is 11.4 Å². The van der Waals surface area contributed by atoms with Gasteiger partial charge in [-0.25, -0.2) is 9.97 Å². The summed E-state index contributed by atoms with van der Waals surface area (Å²) in [5.41, 5.74) is 9.96. The molecule has 0 bridgehead atoms. The number of nitriles is 1. The lowest BCUT2D eigenvalue weighted by atomic mass is 10.1. The highest BCUT2D eigenvalue weighted by Crippen LogP contribution is 2.30. The smallest absolute Gasteiger partial charge is 0.270 e. The third-order valence-corrected chi connectivity index (χ3v) is 5.35. The summed E-state index contributed by atoms with van der Waals surface area (Å²) in [7, 11) is 1.89. The van der Waals surface area contributed by atoms with Gasteiger partial charge in [-0.05, 0) is 51.1 Å². The van der Waals surface area contributed by atoms with Gasteiger partial charge in [0.1, 0.15) is 11.8 Å². The molecule has 3 N–H and O–H groups in total. The zero-order chi connectivity index (χ0) is 24.4. The van der Waals surface area contributed by atoms with E-state index in [0.717, 1.165) is 23.2 Å². The van der Waals surface area contributed by atoms with E-state index in [4.69, 9.17) is 10.2 Å². The van der Waals surface area contributed by atoms with Crippen molar-refractivity contribution in [1.29, 1.82) is 5.26 Å². The van der Waals surface area contributed by atoms with Crippen molar-refractivity contribution < 1.29 is 4.42 Å². The van der Waals surface area contributed by atoms with Crippen LogP contribution >= 0.6 is 0 Å². The Kier molecular flexibility index (Phi) is 6.21. The minimum Gasteiger partial charge on any atom is -0.414 e. The van der Waals surface area contributed by atoms with Crippen molar-refractivity contribution in [2.75, 3.05) is 12.8 Å². The van der Waals surface area contributed by atoms with E-state index in [1.54, 1.807) is 6.07 Å². The normalized spacial score (nSPS) is 11.1. The van der Waals surface area contributed by atoms with Crippen molar-refractivity contribution in [2.24, 2.45) is 0 Å². The van der Waals surface area contributed by atoms with E-state index >= 15 is 0 Å².